The zero-order chi connectivity index (χ0) is 14.0. The summed E-state index contributed by atoms with van der Waals surface area (Å²) in [5, 5.41) is 12.7. The monoisotopic (exact) mass is 300 g/mol. The molecule has 7 heteroatoms. The molecule has 1 aliphatic rings. The van der Waals surface area contributed by atoms with Gasteiger partial charge in [-0.15, -0.1) is 0 Å². The Balaban J connectivity index is 2.40. The van der Waals surface area contributed by atoms with E-state index in [0.29, 0.717) is 27.7 Å². The minimum Gasteiger partial charge on any atom is -0.409 e. The number of oxime groups is 1. The van der Waals surface area contributed by atoms with Crippen molar-refractivity contribution >= 4 is 35.0 Å². The average molecular weight is 301 g/mol. The average Bonchev–Trinajstić information content (AvgIpc) is 2.42. The first-order valence-corrected chi connectivity index (χ1v) is 7.49. The summed E-state index contributed by atoms with van der Waals surface area (Å²) < 4.78 is 0. The number of pyridine rings is 1. The lowest BCUT2D eigenvalue weighted by atomic mass is 10.1. The standard InChI is InChI=1S/C12H17ClN4OS/c1-7-8(2)19-6-5-17(7)12-10(13)9(3-4-15-12)11(14)16-18/h3-4,7-8,18H,5-6H2,1-2H3,(H2,14,16). The van der Waals surface area contributed by atoms with Crippen LogP contribution in [0.4, 0.5) is 5.82 Å². The van der Waals surface area contributed by atoms with E-state index in [2.05, 4.69) is 28.9 Å². The largest absolute Gasteiger partial charge is 0.409 e. The fourth-order valence-corrected chi connectivity index (χ4v) is 3.53. The molecule has 2 atom stereocenters. The highest BCUT2D eigenvalue weighted by Gasteiger charge is 2.28. The zero-order valence-electron chi connectivity index (χ0n) is 10.9. The Bertz CT molecular complexity index is 497. The Morgan fingerprint density at radius 2 is 2.37 bits per heavy atom. The van der Waals surface area contributed by atoms with Crippen molar-refractivity contribution in [1.29, 1.82) is 0 Å². The van der Waals surface area contributed by atoms with Crippen LogP contribution in [0.15, 0.2) is 17.4 Å². The van der Waals surface area contributed by atoms with Gasteiger partial charge in [0, 0.05) is 35.3 Å². The summed E-state index contributed by atoms with van der Waals surface area (Å²) in [6.07, 6.45) is 1.63. The molecule has 0 amide bonds. The van der Waals surface area contributed by atoms with E-state index >= 15 is 0 Å². The van der Waals surface area contributed by atoms with Crippen LogP contribution >= 0.6 is 23.4 Å². The number of amidine groups is 1. The highest BCUT2D eigenvalue weighted by molar-refractivity contribution is 8.00. The van der Waals surface area contributed by atoms with Crippen molar-refractivity contribution in [2.45, 2.75) is 25.1 Å². The minimum atomic E-state index is 0.000681. The van der Waals surface area contributed by atoms with E-state index in [4.69, 9.17) is 22.5 Å². The van der Waals surface area contributed by atoms with Crippen LogP contribution in [0.3, 0.4) is 0 Å². The highest BCUT2D eigenvalue weighted by Crippen LogP contribution is 2.33. The summed E-state index contributed by atoms with van der Waals surface area (Å²) in [6.45, 7) is 5.25. The summed E-state index contributed by atoms with van der Waals surface area (Å²) in [5.74, 6) is 1.74. The van der Waals surface area contributed by atoms with E-state index in [9.17, 15) is 0 Å². The molecule has 5 nitrogen and oxygen atoms in total. The molecule has 0 aliphatic carbocycles. The second-order valence-electron chi connectivity index (χ2n) is 4.49. The molecule has 0 bridgehead atoms. The predicted molar refractivity (Wildman–Crippen MR) is 80.5 cm³/mol. The van der Waals surface area contributed by atoms with Gasteiger partial charge in [0.15, 0.2) is 5.84 Å². The fraction of sp³-hybridized carbons (Fsp3) is 0.500. The van der Waals surface area contributed by atoms with Crippen LogP contribution in [0, 0.1) is 0 Å². The van der Waals surface area contributed by atoms with Gasteiger partial charge in [0.1, 0.15) is 5.82 Å². The van der Waals surface area contributed by atoms with Crippen LogP contribution in [0.25, 0.3) is 0 Å². The van der Waals surface area contributed by atoms with Crippen LogP contribution in [0.5, 0.6) is 0 Å². The van der Waals surface area contributed by atoms with Crippen molar-refractivity contribution in [2.75, 3.05) is 17.2 Å². The number of rotatable bonds is 2. The number of nitrogens with zero attached hydrogens (tertiary/aromatic N) is 3. The lowest BCUT2D eigenvalue weighted by Crippen LogP contribution is -2.45. The van der Waals surface area contributed by atoms with E-state index in [1.807, 2.05) is 11.8 Å². The SMILES string of the molecule is CC1SCCN(c2nccc(/C(N)=N/O)c2Cl)C1C. The van der Waals surface area contributed by atoms with Gasteiger partial charge in [-0.2, -0.15) is 11.8 Å². The first kappa shape index (κ1) is 14.3. The van der Waals surface area contributed by atoms with Crippen molar-refractivity contribution in [1.82, 2.24) is 4.98 Å². The Labute approximate surface area is 121 Å². The second-order valence-corrected chi connectivity index (χ2v) is 6.35. The van der Waals surface area contributed by atoms with Crippen LogP contribution in [0.1, 0.15) is 19.4 Å². The number of hydrogen-bond donors (Lipinski definition) is 2. The Morgan fingerprint density at radius 1 is 1.63 bits per heavy atom. The number of thioether (sulfide) groups is 1. The van der Waals surface area contributed by atoms with Crippen molar-refractivity contribution in [3.63, 3.8) is 0 Å². The maximum absolute atomic E-state index is 8.77. The maximum atomic E-state index is 8.77. The van der Waals surface area contributed by atoms with E-state index in [-0.39, 0.29) is 5.84 Å². The Morgan fingerprint density at radius 3 is 3.05 bits per heavy atom. The molecule has 0 aromatic carbocycles. The molecule has 3 N–H and O–H groups in total. The summed E-state index contributed by atoms with van der Waals surface area (Å²) in [4.78, 5) is 6.53. The summed E-state index contributed by atoms with van der Waals surface area (Å²) >= 11 is 8.29. The number of halogens is 1. The number of hydrogen-bond acceptors (Lipinski definition) is 5. The summed E-state index contributed by atoms with van der Waals surface area (Å²) in [7, 11) is 0. The van der Waals surface area contributed by atoms with Crippen LogP contribution in [0.2, 0.25) is 5.02 Å². The van der Waals surface area contributed by atoms with Crippen molar-refractivity contribution in [3.8, 4) is 0 Å². The molecule has 0 spiro atoms. The number of anilines is 1. The van der Waals surface area contributed by atoms with Crippen LogP contribution in [-0.2, 0) is 0 Å². The van der Waals surface area contributed by atoms with Gasteiger partial charge < -0.3 is 15.8 Å². The van der Waals surface area contributed by atoms with Crippen molar-refractivity contribution in [2.24, 2.45) is 10.9 Å². The smallest absolute Gasteiger partial charge is 0.171 e. The molecule has 1 aliphatic heterocycles. The van der Waals surface area contributed by atoms with E-state index in [1.54, 1.807) is 12.3 Å². The predicted octanol–water partition coefficient (Wildman–Crippen LogP) is 2.16. The third-order valence-corrected chi connectivity index (χ3v) is 5.12. The molecule has 1 aromatic heterocycles. The lowest BCUT2D eigenvalue weighted by molar-refractivity contribution is 0.318. The van der Waals surface area contributed by atoms with E-state index < -0.39 is 0 Å². The molecule has 0 radical (unpaired) electrons. The van der Waals surface area contributed by atoms with Crippen LogP contribution in [-0.4, -0.2) is 39.6 Å². The van der Waals surface area contributed by atoms with E-state index in [0.717, 1.165) is 12.3 Å². The normalized spacial score (nSPS) is 24.6. The molecular formula is C12H17ClN4OS. The van der Waals surface area contributed by atoms with Gasteiger partial charge in [-0.25, -0.2) is 4.98 Å². The highest BCUT2D eigenvalue weighted by atomic mass is 35.5. The third kappa shape index (κ3) is 2.74. The fourth-order valence-electron chi connectivity index (χ4n) is 2.12. The molecule has 2 heterocycles. The first-order valence-electron chi connectivity index (χ1n) is 6.07. The van der Waals surface area contributed by atoms with Gasteiger partial charge in [0.25, 0.3) is 0 Å². The topological polar surface area (TPSA) is 74.7 Å². The maximum Gasteiger partial charge on any atom is 0.171 e. The summed E-state index contributed by atoms with van der Waals surface area (Å²) in [5.41, 5.74) is 6.13. The molecule has 104 valence electrons. The molecular weight excluding hydrogens is 284 g/mol. The Hall–Kier alpha value is -1.14. The van der Waals surface area contributed by atoms with Gasteiger partial charge >= 0.3 is 0 Å². The Kier molecular flexibility index (Phi) is 4.42. The molecule has 1 fully saturated rings. The molecule has 19 heavy (non-hydrogen) atoms. The van der Waals surface area contributed by atoms with Crippen molar-refractivity contribution < 1.29 is 5.21 Å². The molecule has 2 unspecified atom stereocenters. The van der Waals surface area contributed by atoms with Crippen LogP contribution < -0.4 is 10.6 Å². The molecule has 2 rings (SSSR count). The van der Waals surface area contributed by atoms with Gasteiger partial charge in [0.05, 0.1) is 5.02 Å². The summed E-state index contributed by atoms with van der Waals surface area (Å²) in [6, 6.07) is 1.99. The van der Waals surface area contributed by atoms with Gasteiger partial charge in [-0.05, 0) is 13.0 Å². The second kappa shape index (κ2) is 5.88. The number of nitrogens with two attached hydrogens (primary N) is 1. The van der Waals surface area contributed by atoms with Gasteiger partial charge in [-0.1, -0.05) is 23.7 Å². The van der Waals surface area contributed by atoms with Gasteiger partial charge in [-0.3, -0.25) is 0 Å². The third-order valence-electron chi connectivity index (χ3n) is 3.41. The lowest BCUT2D eigenvalue weighted by Gasteiger charge is -2.38. The zero-order valence-corrected chi connectivity index (χ0v) is 12.4. The quantitative estimate of drug-likeness (QED) is 0.379. The van der Waals surface area contributed by atoms with Crippen molar-refractivity contribution in [3.05, 3.63) is 22.8 Å². The first-order chi connectivity index (χ1) is 9.06. The molecule has 1 saturated heterocycles. The minimum absolute atomic E-state index is 0.000681. The van der Waals surface area contributed by atoms with E-state index in [1.165, 1.54) is 0 Å². The molecule has 1 aromatic rings. The molecule has 0 saturated carbocycles. The number of aromatic nitrogens is 1. The van der Waals surface area contributed by atoms with Gasteiger partial charge in [0.2, 0.25) is 0 Å².